The van der Waals surface area contributed by atoms with Crippen molar-refractivity contribution in [3.8, 4) is 12.1 Å². The van der Waals surface area contributed by atoms with E-state index >= 15 is 0 Å². The summed E-state index contributed by atoms with van der Waals surface area (Å²) in [4.78, 5) is 19.0. The van der Waals surface area contributed by atoms with Crippen molar-refractivity contribution in [2.75, 3.05) is 18.0 Å². The molecule has 2 radical (unpaired) electrons. The standard InChI is InChI=1S/C17H16N5O2.Al/c1-10-9-22(6-5-14(10)23)16-12(8-19)17(24)21(2)13-4-3-11(7-18)20-15(13)16;/h3-4,10,14H,5-6,9H2,1-2H3;/q-1;+1/t10-,14-;/m1./s1. The smallest absolute Gasteiger partial charge is 0.369 e. The topological polar surface area (TPSA) is 94.9 Å². The molecule has 7 nitrogen and oxygen atoms in total. The molecule has 3 heterocycles. The third-order valence-electron chi connectivity index (χ3n) is 4.76. The van der Waals surface area contributed by atoms with Gasteiger partial charge in [0.1, 0.15) is 28.9 Å². The van der Waals surface area contributed by atoms with Gasteiger partial charge in [0.2, 0.25) is 0 Å². The molecular weight excluding hydrogens is 333 g/mol. The second kappa shape index (κ2) is 6.86. The number of aryl methyl sites for hydroxylation is 1. The highest BCUT2D eigenvalue weighted by molar-refractivity contribution is 5.98. The molecule has 1 fully saturated rings. The van der Waals surface area contributed by atoms with Crippen LogP contribution in [0.2, 0.25) is 0 Å². The fraction of sp³-hybridized carbons (Fsp3) is 0.412. The highest BCUT2D eigenvalue weighted by atomic mass is 27.1. The second-order valence-electron chi connectivity index (χ2n) is 6.26. The Balaban J connectivity index is 2.26. The Hall–Kier alpha value is -2.37. The fourth-order valence-electron chi connectivity index (χ4n) is 3.39. The number of aromatic nitrogens is 2. The normalized spacial score (nSPS) is 20.2. The maximum atomic E-state index is 12.6. The minimum atomic E-state index is -0.353. The molecule has 3 rings (SSSR count). The van der Waals surface area contributed by atoms with Crippen molar-refractivity contribution in [2.45, 2.75) is 19.4 Å². The first-order chi connectivity index (χ1) is 12.0. The van der Waals surface area contributed by atoms with Crippen LogP contribution in [-0.4, -0.2) is 45.4 Å². The molecule has 0 N–H and O–H groups in total. The number of hydrogen-bond donors (Lipinski definition) is 0. The minimum absolute atomic E-state index is 0.0648. The van der Waals surface area contributed by atoms with Crippen LogP contribution in [0.15, 0.2) is 16.9 Å². The summed E-state index contributed by atoms with van der Waals surface area (Å²) in [6, 6.07) is 7.34. The van der Waals surface area contributed by atoms with E-state index in [1.807, 2.05) is 17.0 Å². The van der Waals surface area contributed by atoms with Crippen molar-refractivity contribution >= 4 is 33.3 Å². The van der Waals surface area contributed by atoms with Crippen LogP contribution in [0.5, 0.6) is 0 Å². The quantitative estimate of drug-likeness (QED) is 0.751. The van der Waals surface area contributed by atoms with Gasteiger partial charge in [-0.1, -0.05) is 6.92 Å². The Labute approximate surface area is 153 Å². The number of hydrogen-bond acceptors (Lipinski definition) is 6. The third-order valence-corrected chi connectivity index (χ3v) is 5.11. The second-order valence-corrected chi connectivity index (χ2v) is 6.53. The zero-order valence-corrected chi connectivity index (χ0v) is 15.2. The molecule has 0 aliphatic carbocycles. The van der Waals surface area contributed by atoms with Gasteiger partial charge < -0.3 is 13.3 Å². The van der Waals surface area contributed by atoms with Crippen molar-refractivity contribution in [1.82, 2.24) is 9.55 Å². The van der Waals surface area contributed by atoms with Crippen LogP contribution in [0.3, 0.4) is 0 Å². The number of rotatable bonds is 2. The van der Waals surface area contributed by atoms with E-state index in [2.05, 4.69) is 28.5 Å². The summed E-state index contributed by atoms with van der Waals surface area (Å²) in [6.07, 6.45) is 0.900. The highest BCUT2D eigenvalue weighted by Crippen LogP contribution is 2.31. The van der Waals surface area contributed by atoms with Gasteiger partial charge in [0.25, 0.3) is 5.56 Å². The van der Waals surface area contributed by atoms with E-state index in [-0.39, 0.29) is 28.8 Å². The van der Waals surface area contributed by atoms with Gasteiger partial charge in [0.05, 0.1) is 11.2 Å². The molecule has 0 saturated carbocycles. The SMILES string of the molecule is C[C@@H]1CN(c2c(C#N)c(=O)n(C)c3ccc(C#N)nc23)CC[C@H]1[O][Al]. The molecule has 2 aromatic heterocycles. The van der Waals surface area contributed by atoms with Crippen molar-refractivity contribution in [3.05, 3.63) is 33.7 Å². The van der Waals surface area contributed by atoms with Crippen LogP contribution in [0.4, 0.5) is 5.69 Å². The summed E-state index contributed by atoms with van der Waals surface area (Å²) in [5.74, 6) is 0.232. The molecule has 1 aliphatic heterocycles. The largest absolute Gasteiger partial charge is 0.513 e. The molecule has 1 aliphatic rings. The Bertz CT molecular complexity index is 972. The lowest BCUT2D eigenvalue weighted by Crippen LogP contribution is -2.44. The molecule has 0 unspecified atom stereocenters. The summed E-state index contributed by atoms with van der Waals surface area (Å²) in [7, 11) is 1.61. The number of anilines is 1. The molecular formula is C17H16AlN5O2. The van der Waals surface area contributed by atoms with Crippen LogP contribution in [-0.2, 0) is 10.8 Å². The first-order valence-corrected chi connectivity index (χ1v) is 8.43. The zero-order valence-electron chi connectivity index (χ0n) is 14.1. The Morgan fingerprint density at radius 3 is 2.72 bits per heavy atom. The fourth-order valence-corrected chi connectivity index (χ4v) is 3.80. The molecule has 0 spiro atoms. The van der Waals surface area contributed by atoms with E-state index in [1.165, 1.54) is 4.57 Å². The average molecular weight is 349 g/mol. The molecule has 2 atom stereocenters. The van der Waals surface area contributed by atoms with Gasteiger partial charge in [0.15, 0.2) is 0 Å². The number of pyridine rings is 2. The van der Waals surface area contributed by atoms with Gasteiger partial charge in [-0.25, -0.2) is 4.98 Å². The van der Waals surface area contributed by atoms with E-state index in [9.17, 15) is 15.3 Å². The van der Waals surface area contributed by atoms with Crippen LogP contribution in [0.1, 0.15) is 24.6 Å². The first-order valence-electron chi connectivity index (χ1n) is 7.96. The monoisotopic (exact) mass is 349 g/mol. The van der Waals surface area contributed by atoms with E-state index in [4.69, 9.17) is 3.79 Å². The molecule has 2 aromatic rings. The van der Waals surface area contributed by atoms with Crippen molar-refractivity contribution in [2.24, 2.45) is 13.0 Å². The lowest BCUT2D eigenvalue weighted by atomic mass is 9.95. The van der Waals surface area contributed by atoms with Crippen LogP contribution in [0, 0.1) is 28.6 Å². The molecule has 0 aromatic carbocycles. The molecule has 124 valence electrons. The van der Waals surface area contributed by atoms with E-state index in [1.54, 1.807) is 19.2 Å². The van der Waals surface area contributed by atoms with Crippen molar-refractivity contribution in [1.29, 1.82) is 10.5 Å². The van der Waals surface area contributed by atoms with Gasteiger partial charge in [-0.05, 0) is 24.5 Å². The van der Waals surface area contributed by atoms with Gasteiger partial charge in [0, 0.05) is 26.2 Å². The maximum Gasteiger partial charge on any atom is 0.369 e. The van der Waals surface area contributed by atoms with Crippen LogP contribution >= 0.6 is 0 Å². The lowest BCUT2D eigenvalue weighted by molar-refractivity contribution is 0.134. The zero-order chi connectivity index (χ0) is 18.1. The van der Waals surface area contributed by atoms with Gasteiger partial charge >= 0.3 is 16.6 Å². The maximum absolute atomic E-state index is 12.6. The van der Waals surface area contributed by atoms with E-state index < -0.39 is 0 Å². The molecule has 1 saturated heterocycles. The highest BCUT2D eigenvalue weighted by Gasteiger charge is 2.29. The number of nitrogens with zero attached hydrogens (tertiary/aromatic N) is 5. The molecule has 25 heavy (non-hydrogen) atoms. The summed E-state index contributed by atoms with van der Waals surface area (Å²) < 4.78 is 6.82. The number of nitriles is 2. The van der Waals surface area contributed by atoms with E-state index in [0.717, 1.165) is 6.42 Å². The van der Waals surface area contributed by atoms with Crippen LogP contribution in [0.25, 0.3) is 11.0 Å². The predicted octanol–water partition coefficient (Wildman–Crippen LogP) is 0.992. The minimum Gasteiger partial charge on any atom is -0.513 e. The number of fused-ring (bicyclic) bond motifs is 1. The van der Waals surface area contributed by atoms with Gasteiger partial charge in [-0.2, -0.15) is 10.5 Å². The predicted molar refractivity (Wildman–Crippen MR) is 93.0 cm³/mol. The summed E-state index contributed by atoms with van der Waals surface area (Å²) in [5, 5.41) is 18.8. The summed E-state index contributed by atoms with van der Waals surface area (Å²) in [5.41, 5.74) is 1.60. The Morgan fingerprint density at radius 1 is 1.36 bits per heavy atom. The van der Waals surface area contributed by atoms with Gasteiger partial charge in [-0.3, -0.25) is 4.79 Å². The Morgan fingerprint density at radius 2 is 2.12 bits per heavy atom. The van der Waals surface area contributed by atoms with E-state index in [0.29, 0.717) is 29.8 Å². The molecule has 0 amide bonds. The van der Waals surface area contributed by atoms with Crippen LogP contribution < -0.4 is 10.5 Å². The number of piperidine rings is 1. The summed E-state index contributed by atoms with van der Waals surface area (Å²) >= 11 is 2.31. The Kier molecular flexibility index (Phi) is 4.79. The van der Waals surface area contributed by atoms with Crippen molar-refractivity contribution < 1.29 is 3.79 Å². The lowest BCUT2D eigenvalue weighted by Gasteiger charge is -2.39. The third kappa shape index (κ3) is 2.90. The average Bonchev–Trinajstić information content (AvgIpc) is 2.63. The molecule has 0 bridgehead atoms. The summed E-state index contributed by atoms with van der Waals surface area (Å²) in [6.45, 7) is 3.37. The molecule has 8 heteroatoms. The van der Waals surface area contributed by atoms with Gasteiger partial charge in [-0.15, -0.1) is 0 Å². The van der Waals surface area contributed by atoms with Crippen molar-refractivity contribution in [3.63, 3.8) is 0 Å². The first kappa shape index (κ1) is 17.5.